The lowest BCUT2D eigenvalue weighted by Gasteiger charge is -2.19. The van der Waals surface area contributed by atoms with Crippen molar-refractivity contribution in [1.29, 1.82) is 0 Å². The maximum absolute atomic E-state index is 12.8. The number of aliphatic carboxylic acids is 1. The molecule has 0 aliphatic rings. The van der Waals surface area contributed by atoms with E-state index >= 15 is 0 Å². The number of rotatable bonds is 5. The van der Waals surface area contributed by atoms with Crippen LogP contribution in [-0.2, 0) is 11.0 Å². The van der Waals surface area contributed by atoms with E-state index in [-0.39, 0.29) is 15.6 Å². The molecule has 0 aliphatic heterocycles. The predicted octanol–water partition coefficient (Wildman–Crippen LogP) is 3.85. The average Bonchev–Trinajstić information content (AvgIpc) is 2.87. The summed E-state index contributed by atoms with van der Waals surface area (Å²) in [6.45, 7) is 5.11. The van der Waals surface area contributed by atoms with Crippen molar-refractivity contribution in [3.8, 4) is 0 Å². The Balaban J connectivity index is 2.38. The van der Waals surface area contributed by atoms with Gasteiger partial charge in [-0.05, 0) is 30.5 Å². The van der Waals surface area contributed by atoms with Gasteiger partial charge in [0.25, 0.3) is 5.91 Å². The largest absolute Gasteiger partial charge is 0.480 e. The van der Waals surface area contributed by atoms with Crippen molar-refractivity contribution in [2.45, 2.75) is 39.4 Å². The Morgan fingerprint density at radius 3 is 2.52 bits per heavy atom. The smallest absolute Gasteiger partial charge is 0.433 e. The number of fused-ring (bicyclic) bond motifs is 1. The number of pyridine rings is 1. The number of thiophene rings is 1. The van der Waals surface area contributed by atoms with Crippen LogP contribution < -0.4 is 5.32 Å². The molecule has 2 aromatic rings. The number of nitrogens with one attached hydrogen (secondary N) is 1. The third kappa shape index (κ3) is 3.92. The molecule has 2 rings (SSSR count). The minimum atomic E-state index is -4.57. The summed E-state index contributed by atoms with van der Waals surface area (Å²) in [6, 6.07) is 1.07. The van der Waals surface area contributed by atoms with Crippen molar-refractivity contribution >= 4 is 33.4 Å². The second-order valence-corrected chi connectivity index (χ2v) is 6.78. The van der Waals surface area contributed by atoms with Crippen LogP contribution in [0.4, 0.5) is 13.2 Å². The topological polar surface area (TPSA) is 79.3 Å². The van der Waals surface area contributed by atoms with E-state index in [0.717, 1.165) is 17.4 Å². The molecule has 2 N–H and O–H groups in total. The summed E-state index contributed by atoms with van der Waals surface area (Å²) >= 11 is 0.819. The van der Waals surface area contributed by atoms with Crippen molar-refractivity contribution in [3.05, 3.63) is 28.3 Å². The van der Waals surface area contributed by atoms with E-state index in [1.54, 1.807) is 20.8 Å². The Hall–Kier alpha value is -2.16. The zero-order valence-corrected chi connectivity index (χ0v) is 14.6. The second-order valence-electron chi connectivity index (χ2n) is 5.78. The molecule has 0 bridgehead atoms. The summed E-state index contributed by atoms with van der Waals surface area (Å²) in [4.78, 5) is 27.6. The summed E-state index contributed by atoms with van der Waals surface area (Å²) in [5.74, 6) is -2.06. The first-order valence-electron chi connectivity index (χ1n) is 7.57. The number of carbonyl (C=O) groups excluding carboxylic acids is 1. The van der Waals surface area contributed by atoms with E-state index in [1.807, 2.05) is 0 Å². The van der Waals surface area contributed by atoms with Gasteiger partial charge in [-0.3, -0.25) is 4.79 Å². The minimum absolute atomic E-state index is 0.0906. The van der Waals surface area contributed by atoms with E-state index in [2.05, 4.69) is 10.3 Å². The Morgan fingerprint density at radius 1 is 1.36 bits per heavy atom. The van der Waals surface area contributed by atoms with Crippen molar-refractivity contribution in [2.24, 2.45) is 5.92 Å². The number of aryl methyl sites for hydroxylation is 1. The minimum Gasteiger partial charge on any atom is -0.480 e. The molecule has 0 aliphatic carbocycles. The van der Waals surface area contributed by atoms with Gasteiger partial charge in [0, 0.05) is 5.39 Å². The number of carbonyl (C=O) groups is 2. The molecule has 0 fully saturated rings. The van der Waals surface area contributed by atoms with Crippen LogP contribution >= 0.6 is 11.3 Å². The summed E-state index contributed by atoms with van der Waals surface area (Å²) in [5, 5.41) is 12.2. The molecule has 0 saturated carbocycles. The molecular formula is C16H17F3N2O3S. The second kappa shape index (κ2) is 6.99. The van der Waals surface area contributed by atoms with Crippen LogP contribution in [-0.4, -0.2) is 28.0 Å². The number of hydrogen-bond acceptors (Lipinski definition) is 4. The van der Waals surface area contributed by atoms with Crippen LogP contribution in [0.25, 0.3) is 10.2 Å². The summed E-state index contributed by atoms with van der Waals surface area (Å²) in [7, 11) is 0. The highest BCUT2D eigenvalue weighted by Gasteiger charge is 2.33. The fraction of sp³-hybridized carbons (Fsp3) is 0.438. The van der Waals surface area contributed by atoms with Gasteiger partial charge in [-0.25, -0.2) is 9.78 Å². The molecule has 5 nitrogen and oxygen atoms in total. The van der Waals surface area contributed by atoms with E-state index in [9.17, 15) is 27.9 Å². The maximum Gasteiger partial charge on any atom is 0.433 e. The van der Waals surface area contributed by atoms with Crippen LogP contribution in [0.1, 0.15) is 41.2 Å². The van der Waals surface area contributed by atoms with Gasteiger partial charge in [0.1, 0.15) is 16.6 Å². The van der Waals surface area contributed by atoms with Crippen molar-refractivity contribution in [2.75, 3.05) is 0 Å². The molecule has 0 radical (unpaired) electrons. The van der Waals surface area contributed by atoms with Crippen LogP contribution in [0.5, 0.6) is 0 Å². The highest BCUT2D eigenvalue weighted by Crippen LogP contribution is 2.34. The van der Waals surface area contributed by atoms with Crippen LogP contribution in [0.2, 0.25) is 0 Å². The number of halogens is 3. The number of carboxylic acids is 1. The fourth-order valence-corrected chi connectivity index (χ4v) is 3.45. The van der Waals surface area contributed by atoms with Gasteiger partial charge < -0.3 is 10.4 Å². The summed E-state index contributed by atoms with van der Waals surface area (Å²) < 4.78 is 38.3. The standard InChI is InChI=1S/C16H17F3N2O3S/c1-4-7(2)11(15(23)24)21-13(22)12-8(3)9-5-6-10(16(17,18)19)20-14(9)25-12/h5-7,11H,4H2,1-3H3,(H,21,22)(H,23,24). The van der Waals surface area contributed by atoms with Crippen molar-refractivity contribution in [1.82, 2.24) is 10.3 Å². The van der Waals surface area contributed by atoms with E-state index in [4.69, 9.17) is 0 Å². The van der Waals surface area contributed by atoms with Gasteiger partial charge in [-0.2, -0.15) is 13.2 Å². The fourth-order valence-electron chi connectivity index (χ4n) is 2.36. The quantitative estimate of drug-likeness (QED) is 0.833. The number of carboxylic acid groups (broad SMARTS) is 1. The van der Waals surface area contributed by atoms with Crippen LogP contribution in [0.3, 0.4) is 0 Å². The molecule has 1 amide bonds. The first kappa shape index (κ1) is 19.2. The van der Waals surface area contributed by atoms with Crippen LogP contribution in [0, 0.1) is 12.8 Å². The molecule has 2 unspecified atom stereocenters. The number of nitrogens with zero attached hydrogens (tertiary/aromatic N) is 1. The number of alkyl halides is 3. The third-order valence-electron chi connectivity index (χ3n) is 4.07. The Bertz CT molecular complexity index is 817. The highest BCUT2D eigenvalue weighted by molar-refractivity contribution is 7.20. The lowest BCUT2D eigenvalue weighted by Crippen LogP contribution is -2.44. The number of aromatic nitrogens is 1. The molecule has 136 valence electrons. The molecule has 0 saturated heterocycles. The first-order chi connectivity index (χ1) is 11.6. The molecular weight excluding hydrogens is 357 g/mol. The molecule has 25 heavy (non-hydrogen) atoms. The number of hydrogen-bond donors (Lipinski definition) is 2. The molecule has 2 aromatic heterocycles. The van der Waals surface area contributed by atoms with E-state index in [0.29, 0.717) is 17.4 Å². The van der Waals surface area contributed by atoms with Gasteiger partial charge in [-0.15, -0.1) is 11.3 Å². The monoisotopic (exact) mass is 374 g/mol. The van der Waals surface area contributed by atoms with E-state index < -0.39 is 29.8 Å². The molecule has 0 spiro atoms. The lowest BCUT2D eigenvalue weighted by atomic mass is 9.99. The normalized spacial score (nSPS) is 14.3. The summed E-state index contributed by atoms with van der Waals surface area (Å²) in [5.41, 5.74) is -0.553. The SMILES string of the molecule is CCC(C)C(NC(=O)c1sc2nc(C(F)(F)F)ccc2c1C)C(=O)O. The average molecular weight is 374 g/mol. The van der Waals surface area contributed by atoms with Gasteiger partial charge in [-0.1, -0.05) is 20.3 Å². The Kier molecular flexibility index (Phi) is 5.36. The molecule has 2 heterocycles. The van der Waals surface area contributed by atoms with Crippen molar-refractivity contribution < 1.29 is 27.9 Å². The molecule has 2 atom stereocenters. The van der Waals surface area contributed by atoms with Crippen molar-refractivity contribution in [3.63, 3.8) is 0 Å². The van der Waals surface area contributed by atoms with Gasteiger partial charge in [0.05, 0.1) is 4.88 Å². The van der Waals surface area contributed by atoms with Gasteiger partial charge in [0.2, 0.25) is 0 Å². The number of amides is 1. The highest BCUT2D eigenvalue weighted by atomic mass is 32.1. The summed E-state index contributed by atoms with van der Waals surface area (Å²) in [6.07, 6.45) is -4.02. The predicted molar refractivity (Wildman–Crippen MR) is 87.7 cm³/mol. The third-order valence-corrected chi connectivity index (χ3v) is 5.27. The molecule has 0 aromatic carbocycles. The lowest BCUT2D eigenvalue weighted by molar-refractivity contribution is -0.141. The Morgan fingerprint density at radius 2 is 2.00 bits per heavy atom. The van der Waals surface area contributed by atoms with E-state index in [1.165, 1.54) is 6.07 Å². The zero-order valence-electron chi connectivity index (χ0n) is 13.8. The first-order valence-corrected chi connectivity index (χ1v) is 8.38. The zero-order chi connectivity index (χ0) is 18.9. The van der Waals surface area contributed by atoms with Gasteiger partial charge >= 0.3 is 12.1 Å². The molecule has 9 heteroatoms. The Labute approximate surface area is 145 Å². The van der Waals surface area contributed by atoms with Gasteiger partial charge in [0.15, 0.2) is 0 Å². The van der Waals surface area contributed by atoms with Crippen LogP contribution in [0.15, 0.2) is 12.1 Å². The maximum atomic E-state index is 12.8.